The SMILES string of the molecule is CCC(C)(CC)NCCc1ccccc1[N+](=O)[O-]. The predicted molar refractivity (Wildman–Crippen MR) is 73.8 cm³/mol. The van der Waals surface area contributed by atoms with E-state index in [0.717, 1.165) is 24.9 Å². The molecule has 100 valence electrons. The van der Waals surface area contributed by atoms with Crippen LogP contribution in [0.25, 0.3) is 0 Å². The standard InChI is InChI=1S/C14H22N2O2/c1-4-14(3,5-2)15-11-10-12-8-6-7-9-13(12)16(17)18/h6-9,15H,4-5,10-11H2,1-3H3. The Labute approximate surface area is 109 Å². The molecule has 0 heterocycles. The van der Waals surface area contributed by atoms with Crippen LogP contribution >= 0.6 is 0 Å². The molecule has 0 atom stereocenters. The van der Waals surface area contributed by atoms with Crippen LogP contribution < -0.4 is 5.32 Å². The summed E-state index contributed by atoms with van der Waals surface area (Å²) >= 11 is 0. The molecule has 0 unspecified atom stereocenters. The van der Waals surface area contributed by atoms with Gasteiger partial charge in [0, 0.05) is 17.2 Å². The van der Waals surface area contributed by atoms with Crippen LogP contribution in [0.15, 0.2) is 24.3 Å². The van der Waals surface area contributed by atoms with Crippen molar-refractivity contribution in [3.63, 3.8) is 0 Å². The number of para-hydroxylation sites is 1. The smallest absolute Gasteiger partial charge is 0.272 e. The van der Waals surface area contributed by atoms with E-state index in [0.29, 0.717) is 6.42 Å². The Morgan fingerprint density at radius 3 is 2.44 bits per heavy atom. The Bertz CT molecular complexity index is 401. The molecule has 0 amide bonds. The van der Waals surface area contributed by atoms with E-state index >= 15 is 0 Å². The number of rotatable bonds is 7. The molecule has 4 heteroatoms. The minimum absolute atomic E-state index is 0.129. The largest absolute Gasteiger partial charge is 0.311 e. The second-order valence-electron chi connectivity index (χ2n) is 4.83. The highest BCUT2D eigenvalue weighted by molar-refractivity contribution is 5.39. The summed E-state index contributed by atoms with van der Waals surface area (Å²) in [5.41, 5.74) is 1.14. The van der Waals surface area contributed by atoms with Crippen LogP contribution in [0.4, 0.5) is 5.69 Å². The van der Waals surface area contributed by atoms with Crippen molar-refractivity contribution in [1.82, 2.24) is 5.32 Å². The fourth-order valence-electron chi connectivity index (χ4n) is 1.90. The van der Waals surface area contributed by atoms with Gasteiger partial charge in [-0.2, -0.15) is 0 Å². The highest BCUT2D eigenvalue weighted by atomic mass is 16.6. The van der Waals surface area contributed by atoms with Crippen molar-refractivity contribution in [2.45, 2.75) is 45.6 Å². The van der Waals surface area contributed by atoms with Gasteiger partial charge in [0.1, 0.15) is 0 Å². The minimum atomic E-state index is -0.311. The summed E-state index contributed by atoms with van der Waals surface area (Å²) < 4.78 is 0. The van der Waals surface area contributed by atoms with Crippen molar-refractivity contribution in [2.24, 2.45) is 0 Å². The summed E-state index contributed by atoms with van der Waals surface area (Å²) in [6.45, 7) is 7.26. The van der Waals surface area contributed by atoms with E-state index in [4.69, 9.17) is 0 Å². The van der Waals surface area contributed by atoms with Crippen molar-refractivity contribution in [1.29, 1.82) is 0 Å². The van der Waals surface area contributed by atoms with Gasteiger partial charge in [0.2, 0.25) is 0 Å². The zero-order valence-corrected chi connectivity index (χ0v) is 11.4. The van der Waals surface area contributed by atoms with Crippen LogP contribution in [0.1, 0.15) is 39.2 Å². The molecule has 1 aromatic carbocycles. The highest BCUT2D eigenvalue weighted by Crippen LogP contribution is 2.19. The first-order valence-corrected chi connectivity index (χ1v) is 6.49. The molecule has 1 aromatic rings. The molecule has 4 nitrogen and oxygen atoms in total. The first kappa shape index (κ1) is 14.6. The molecule has 1 rings (SSSR count). The number of hydrogen-bond donors (Lipinski definition) is 1. The summed E-state index contributed by atoms with van der Waals surface area (Å²) in [7, 11) is 0. The lowest BCUT2D eigenvalue weighted by Gasteiger charge is -2.28. The van der Waals surface area contributed by atoms with Gasteiger partial charge >= 0.3 is 0 Å². The lowest BCUT2D eigenvalue weighted by atomic mass is 9.95. The average Bonchev–Trinajstić information content (AvgIpc) is 2.39. The van der Waals surface area contributed by atoms with Crippen LogP contribution in [0.5, 0.6) is 0 Å². The van der Waals surface area contributed by atoms with Gasteiger partial charge in [-0.3, -0.25) is 10.1 Å². The van der Waals surface area contributed by atoms with Gasteiger partial charge in [-0.15, -0.1) is 0 Å². The summed E-state index contributed by atoms with van der Waals surface area (Å²) in [4.78, 5) is 10.6. The Hall–Kier alpha value is -1.42. The summed E-state index contributed by atoms with van der Waals surface area (Å²) in [5.74, 6) is 0. The van der Waals surface area contributed by atoms with Crippen molar-refractivity contribution in [3.8, 4) is 0 Å². The molecule has 0 saturated carbocycles. The third-order valence-electron chi connectivity index (χ3n) is 3.70. The quantitative estimate of drug-likeness (QED) is 0.596. The van der Waals surface area contributed by atoms with Gasteiger partial charge in [-0.1, -0.05) is 32.0 Å². The van der Waals surface area contributed by atoms with Gasteiger partial charge in [-0.05, 0) is 32.7 Å². The molecule has 0 bridgehead atoms. The Morgan fingerprint density at radius 2 is 1.89 bits per heavy atom. The van der Waals surface area contributed by atoms with E-state index < -0.39 is 0 Å². The van der Waals surface area contributed by atoms with Crippen molar-refractivity contribution in [2.75, 3.05) is 6.54 Å². The molecule has 18 heavy (non-hydrogen) atoms. The lowest BCUT2D eigenvalue weighted by molar-refractivity contribution is -0.385. The lowest BCUT2D eigenvalue weighted by Crippen LogP contribution is -2.42. The third kappa shape index (κ3) is 3.81. The number of hydrogen-bond acceptors (Lipinski definition) is 3. The maximum absolute atomic E-state index is 10.9. The zero-order valence-electron chi connectivity index (χ0n) is 11.4. The Balaban J connectivity index is 2.62. The Morgan fingerprint density at radius 1 is 1.28 bits per heavy atom. The topological polar surface area (TPSA) is 55.2 Å². The summed E-state index contributed by atoms with van der Waals surface area (Å²) in [5, 5.41) is 14.4. The number of nitrogens with zero attached hydrogens (tertiary/aromatic N) is 1. The van der Waals surface area contributed by atoms with E-state index in [-0.39, 0.29) is 16.1 Å². The monoisotopic (exact) mass is 250 g/mol. The average molecular weight is 250 g/mol. The van der Waals surface area contributed by atoms with E-state index in [1.54, 1.807) is 12.1 Å². The van der Waals surface area contributed by atoms with Crippen LogP contribution in [-0.4, -0.2) is 17.0 Å². The van der Waals surface area contributed by atoms with Gasteiger partial charge in [-0.25, -0.2) is 0 Å². The molecular weight excluding hydrogens is 228 g/mol. The molecule has 0 aliphatic heterocycles. The molecule has 0 fully saturated rings. The van der Waals surface area contributed by atoms with Crippen molar-refractivity contribution in [3.05, 3.63) is 39.9 Å². The van der Waals surface area contributed by atoms with Crippen LogP contribution in [0.2, 0.25) is 0 Å². The van der Waals surface area contributed by atoms with Crippen LogP contribution in [-0.2, 0) is 6.42 Å². The van der Waals surface area contributed by atoms with E-state index in [9.17, 15) is 10.1 Å². The second-order valence-corrected chi connectivity index (χ2v) is 4.83. The normalized spacial score (nSPS) is 11.5. The maximum Gasteiger partial charge on any atom is 0.272 e. The summed E-state index contributed by atoms with van der Waals surface area (Å²) in [6, 6.07) is 6.95. The molecule has 1 N–H and O–H groups in total. The fraction of sp³-hybridized carbons (Fsp3) is 0.571. The maximum atomic E-state index is 10.9. The third-order valence-corrected chi connectivity index (χ3v) is 3.70. The van der Waals surface area contributed by atoms with Crippen LogP contribution in [0.3, 0.4) is 0 Å². The minimum Gasteiger partial charge on any atom is -0.311 e. The van der Waals surface area contributed by atoms with Gasteiger partial charge in [0.15, 0.2) is 0 Å². The molecule has 0 aliphatic rings. The molecule has 0 radical (unpaired) electrons. The molecule has 0 aliphatic carbocycles. The van der Waals surface area contributed by atoms with Gasteiger partial charge in [0.05, 0.1) is 4.92 Å². The van der Waals surface area contributed by atoms with Crippen LogP contribution in [0, 0.1) is 10.1 Å². The van der Waals surface area contributed by atoms with E-state index in [1.165, 1.54) is 0 Å². The first-order valence-electron chi connectivity index (χ1n) is 6.49. The van der Waals surface area contributed by atoms with E-state index in [1.807, 2.05) is 12.1 Å². The van der Waals surface area contributed by atoms with Crippen molar-refractivity contribution >= 4 is 5.69 Å². The molecule has 0 aromatic heterocycles. The first-order chi connectivity index (χ1) is 8.52. The predicted octanol–water partition coefficient (Wildman–Crippen LogP) is 3.31. The summed E-state index contributed by atoms with van der Waals surface area (Å²) in [6.07, 6.45) is 2.80. The molecule has 0 spiro atoms. The number of nitro benzene ring substituents is 1. The van der Waals surface area contributed by atoms with Crippen molar-refractivity contribution < 1.29 is 4.92 Å². The number of nitro groups is 1. The molecule has 0 saturated heterocycles. The van der Waals surface area contributed by atoms with E-state index in [2.05, 4.69) is 26.1 Å². The molecular formula is C14H22N2O2. The Kier molecular flexibility index (Phi) is 5.28. The number of nitrogens with one attached hydrogen (secondary N) is 1. The zero-order chi connectivity index (χ0) is 13.6. The van der Waals surface area contributed by atoms with Gasteiger partial charge in [0.25, 0.3) is 5.69 Å². The highest BCUT2D eigenvalue weighted by Gasteiger charge is 2.19. The van der Waals surface area contributed by atoms with Gasteiger partial charge < -0.3 is 5.32 Å². The number of benzene rings is 1. The second kappa shape index (κ2) is 6.50. The fourth-order valence-corrected chi connectivity index (χ4v) is 1.90.